The minimum atomic E-state index is -1.01. The Bertz CT molecular complexity index is 436. The minimum absolute atomic E-state index is 0.0533. The van der Waals surface area contributed by atoms with Gasteiger partial charge < -0.3 is 10.5 Å². The zero-order chi connectivity index (χ0) is 12.7. The van der Waals surface area contributed by atoms with Crippen LogP contribution >= 0.6 is 0 Å². The molecule has 1 aromatic rings. The molecule has 90 valence electrons. The zero-order valence-electron chi connectivity index (χ0n) is 9.97. The lowest BCUT2D eigenvalue weighted by Crippen LogP contribution is -2.16. The van der Waals surface area contributed by atoms with Crippen LogP contribution in [0, 0.1) is 0 Å². The Morgan fingerprint density at radius 2 is 2.00 bits per heavy atom. The maximum Gasteiger partial charge on any atom is 0.351 e. The number of carboxylic acid groups (broad SMARTS) is 1. The molecule has 0 aliphatic rings. The second-order valence-electron chi connectivity index (χ2n) is 3.74. The van der Waals surface area contributed by atoms with Crippen molar-refractivity contribution in [3.05, 3.63) is 41.5 Å². The maximum absolute atomic E-state index is 10.5. The number of carboxylic acids is 1. The molecular formula is C13H16N2O2. The van der Waals surface area contributed by atoms with Gasteiger partial charge in [-0.25, -0.2) is 4.79 Å². The van der Waals surface area contributed by atoms with Crippen LogP contribution in [0.4, 0.5) is 0 Å². The fourth-order valence-corrected chi connectivity index (χ4v) is 1.22. The minimum Gasteiger partial charge on any atom is -0.477 e. The Labute approximate surface area is 101 Å². The molecule has 4 nitrogen and oxygen atoms in total. The highest BCUT2D eigenvalue weighted by Crippen LogP contribution is 2.04. The fourth-order valence-electron chi connectivity index (χ4n) is 1.22. The van der Waals surface area contributed by atoms with Crippen molar-refractivity contribution in [1.82, 2.24) is 5.43 Å². The van der Waals surface area contributed by atoms with Gasteiger partial charge in [0.25, 0.3) is 0 Å². The van der Waals surface area contributed by atoms with E-state index in [1.807, 2.05) is 43.3 Å². The lowest BCUT2D eigenvalue weighted by Gasteiger charge is -2.02. The first-order valence-electron chi connectivity index (χ1n) is 5.32. The predicted octanol–water partition coefficient (Wildman–Crippen LogP) is 2.14. The molecule has 1 aromatic carbocycles. The van der Waals surface area contributed by atoms with Crippen molar-refractivity contribution >= 4 is 17.8 Å². The van der Waals surface area contributed by atoms with Gasteiger partial charge >= 0.3 is 5.97 Å². The van der Waals surface area contributed by atoms with Crippen LogP contribution in [-0.2, 0) is 4.79 Å². The highest BCUT2D eigenvalue weighted by Gasteiger charge is 1.99. The molecule has 0 aliphatic carbocycles. The number of hydrazone groups is 1. The summed E-state index contributed by atoms with van der Waals surface area (Å²) in [6, 6.07) is 9.93. The Morgan fingerprint density at radius 1 is 1.35 bits per heavy atom. The van der Waals surface area contributed by atoms with Gasteiger partial charge in [0.15, 0.2) is 0 Å². The van der Waals surface area contributed by atoms with Crippen molar-refractivity contribution in [1.29, 1.82) is 0 Å². The molecule has 0 unspecified atom stereocenters. The summed E-state index contributed by atoms with van der Waals surface area (Å²) in [5, 5.41) is 12.3. The number of hydrogen-bond donors (Lipinski definition) is 2. The summed E-state index contributed by atoms with van der Waals surface area (Å²) in [5.74, 6) is -1.01. The van der Waals surface area contributed by atoms with Crippen molar-refractivity contribution in [2.75, 3.05) is 6.54 Å². The SMILES string of the molecule is CC(=NNC/C(C)=C/c1ccccc1)C(=O)O. The quantitative estimate of drug-likeness (QED) is 0.604. The van der Waals surface area contributed by atoms with Crippen LogP contribution in [0.15, 0.2) is 41.0 Å². The number of nitrogens with zero attached hydrogens (tertiary/aromatic N) is 1. The van der Waals surface area contributed by atoms with Crippen LogP contribution in [-0.4, -0.2) is 23.3 Å². The van der Waals surface area contributed by atoms with Gasteiger partial charge in [-0.1, -0.05) is 42.0 Å². The van der Waals surface area contributed by atoms with Crippen LogP contribution < -0.4 is 5.43 Å². The topological polar surface area (TPSA) is 61.7 Å². The van der Waals surface area contributed by atoms with E-state index in [9.17, 15) is 4.79 Å². The van der Waals surface area contributed by atoms with Gasteiger partial charge in [-0.2, -0.15) is 5.10 Å². The molecule has 0 aliphatic heterocycles. The molecule has 0 aromatic heterocycles. The zero-order valence-corrected chi connectivity index (χ0v) is 9.97. The summed E-state index contributed by atoms with van der Waals surface area (Å²) in [5.41, 5.74) is 4.98. The van der Waals surface area contributed by atoms with Crippen molar-refractivity contribution in [3.63, 3.8) is 0 Å². The highest BCUT2D eigenvalue weighted by molar-refractivity contribution is 6.34. The van der Waals surface area contributed by atoms with Crippen LogP contribution in [0.1, 0.15) is 19.4 Å². The molecule has 2 N–H and O–H groups in total. The van der Waals surface area contributed by atoms with E-state index in [4.69, 9.17) is 5.11 Å². The number of benzene rings is 1. The van der Waals surface area contributed by atoms with Gasteiger partial charge in [-0.15, -0.1) is 0 Å². The number of nitrogens with one attached hydrogen (secondary N) is 1. The Morgan fingerprint density at radius 3 is 2.59 bits per heavy atom. The molecule has 4 heteroatoms. The van der Waals surface area contributed by atoms with E-state index in [1.165, 1.54) is 6.92 Å². The summed E-state index contributed by atoms with van der Waals surface area (Å²) in [6.07, 6.45) is 2.03. The van der Waals surface area contributed by atoms with Gasteiger partial charge in [0.05, 0.1) is 6.54 Å². The molecular weight excluding hydrogens is 216 g/mol. The maximum atomic E-state index is 10.5. The van der Waals surface area contributed by atoms with Crippen molar-refractivity contribution in [2.45, 2.75) is 13.8 Å². The number of aliphatic carboxylic acids is 1. The Kier molecular flexibility index (Phi) is 4.94. The summed E-state index contributed by atoms with van der Waals surface area (Å²) < 4.78 is 0. The smallest absolute Gasteiger partial charge is 0.351 e. The molecule has 0 saturated carbocycles. The van der Waals surface area contributed by atoms with Gasteiger partial charge in [0.2, 0.25) is 0 Å². The van der Waals surface area contributed by atoms with E-state index in [1.54, 1.807) is 0 Å². The van der Waals surface area contributed by atoms with Gasteiger partial charge in [0.1, 0.15) is 5.71 Å². The molecule has 0 fully saturated rings. The van der Waals surface area contributed by atoms with E-state index < -0.39 is 5.97 Å². The first-order valence-corrected chi connectivity index (χ1v) is 5.32. The highest BCUT2D eigenvalue weighted by atomic mass is 16.4. The van der Waals surface area contributed by atoms with E-state index >= 15 is 0 Å². The van der Waals surface area contributed by atoms with Crippen LogP contribution in [0.25, 0.3) is 6.08 Å². The summed E-state index contributed by atoms with van der Waals surface area (Å²) in [7, 11) is 0. The van der Waals surface area contributed by atoms with Crippen LogP contribution in [0.5, 0.6) is 0 Å². The van der Waals surface area contributed by atoms with Crippen molar-refractivity contribution in [2.24, 2.45) is 5.10 Å². The number of rotatable bonds is 5. The third-order valence-electron chi connectivity index (χ3n) is 2.13. The summed E-state index contributed by atoms with van der Waals surface area (Å²) in [4.78, 5) is 10.5. The molecule has 0 amide bonds. The van der Waals surface area contributed by atoms with Gasteiger partial charge in [0, 0.05) is 0 Å². The lowest BCUT2D eigenvalue weighted by atomic mass is 10.1. The first-order chi connectivity index (χ1) is 8.09. The number of hydrogen-bond acceptors (Lipinski definition) is 3. The number of carbonyl (C=O) groups is 1. The summed E-state index contributed by atoms with van der Waals surface area (Å²) in [6.45, 7) is 3.94. The molecule has 0 heterocycles. The van der Waals surface area contributed by atoms with E-state index in [0.717, 1.165) is 11.1 Å². The first kappa shape index (κ1) is 13.0. The Hall–Kier alpha value is -2.10. The standard InChI is InChI=1S/C13H16N2O2/c1-10(8-12-6-4-3-5-7-12)9-14-15-11(2)13(16)17/h3-8,14H,9H2,1-2H3,(H,16,17)/b10-8+,15-11?. The molecule has 17 heavy (non-hydrogen) atoms. The summed E-state index contributed by atoms with van der Waals surface area (Å²) >= 11 is 0. The van der Waals surface area contributed by atoms with Gasteiger partial charge in [-0.05, 0) is 19.4 Å². The average Bonchev–Trinajstić information content (AvgIpc) is 2.30. The molecule has 0 saturated heterocycles. The monoisotopic (exact) mass is 232 g/mol. The van der Waals surface area contributed by atoms with Crippen molar-refractivity contribution in [3.8, 4) is 0 Å². The third-order valence-corrected chi connectivity index (χ3v) is 2.13. The predicted molar refractivity (Wildman–Crippen MR) is 68.8 cm³/mol. The van der Waals surface area contributed by atoms with Crippen molar-refractivity contribution < 1.29 is 9.90 Å². The second-order valence-corrected chi connectivity index (χ2v) is 3.74. The van der Waals surface area contributed by atoms with Gasteiger partial charge in [-0.3, -0.25) is 0 Å². The normalized spacial score (nSPS) is 12.4. The van der Waals surface area contributed by atoms with E-state index in [-0.39, 0.29) is 5.71 Å². The Balaban J connectivity index is 2.51. The fraction of sp³-hybridized carbons (Fsp3) is 0.231. The lowest BCUT2D eigenvalue weighted by molar-refractivity contribution is -0.129. The third kappa shape index (κ3) is 4.97. The molecule has 0 radical (unpaired) electrons. The molecule has 1 rings (SSSR count). The largest absolute Gasteiger partial charge is 0.477 e. The molecule has 0 spiro atoms. The van der Waals surface area contributed by atoms with E-state index in [0.29, 0.717) is 6.54 Å². The van der Waals surface area contributed by atoms with E-state index in [2.05, 4.69) is 10.5 Å². The molecule has 0 atom stereocenters. The second kappa shape index (κ2) is 6.48. The average molecular weight is 232 g/mol. The molecule has 0 bridgehead atoms. The van der Waals surface area contributed by atoms with Crippen LogP contribution in [0.2, 0.25) is 0 Å². The van der Waals surface area contributed by atoms with Crippen LogP contribution in [0.3, 0.4) is 0 Å².